The molecule has 4 rings (SSSR count). The molecule has 0 spiro atoms. The molecule has 0 radical (unpaired) electrons. The van der Waals surface area contributed by atoms with Crippen LogP contribution >= 0.6 is 0 Å². The monoisotopic (exact) mass is 434 g/mol. The van der Waals surface area contributed by atoms with Crippen molar-refractivity contribution in [2.24, 2.45) is 59.2 Å². The third kappa shape index (κ3) is 3.21. The summed E-state index contributed by atoms with van der Waals surface area (Å²) in [5.41, 5.74) is 13.2. The lowest BCUT2D eigenvalue weighted by Crippen LogP contribution is -2.27. The van der Waals surface area contributed by atoms with Gasteiger partial charge in [0.1, 0.15) is 0 Å². The summed E-state index contributed by atoms with van der Waals surface area (Å²) in [5.74, 6) is 8.08. The van der Waals surface area contributed by atoms with Crippen LogP contribution in [0.3, 0.4) is 0 Å². The molecule has 10 atom stereocenters. The second-order valence-electron chi connectivity index (χ2n) is 12.7. The van der Waals surface area contributed by atoms with Crippen LogP contribution in [0.25, 0.3) is 0 Å². The van der Waals surface area contributed by atoms with E-state index in [2.05, 4.69) is 83.1 Å². The molecule has 4 aliphatic rings. The molecule has 6 unspecified atom stereocenters. The lowest BCUT2D eigenvalue weighted by atomic mass is 9.68. The van der Waals surface area contributed by atoms with Crippen molar-refractivity contribution < 1.29 is 0 Å². The van der Waals surface area contributed by atoms with Crippen LogP contribution in [0.1, 0.15) is 95.9 Å². The first-order chi connectivity index (χ1) is 14.9. The summed E-state index contributed by atoms with van der Waals surface area (Å²) in [7, 11) is 0. The number of rotatable bonds is 3. The van der Waals surface area contributed by atoms with Crippen LogP contribution in [-0.4, -0.2) is 0 Å². The van der Waals surface area contributed by atoms with E-state index in [4.69, 9.17) is 0 Å². The van der Waals surface area contributed by atoms with E-state index < -0.39 is 0 Å². The molecular weight excluding hydrogens is 384 g/mol. The van der Waals surface area contributed by atoms with Gasteiger partial charge in [-0.2, -0.15) is 0 Å². The highest BCUT2D eigenvalue weighted by atomic mass is 14.6. The van der Waals surface area contributed by atoms with E-state index in [-0.39, 0.29) is 0 Å². The van der Waals surface area contributed by atoms with Crippen LogP contribution in [0.4, 0.5) is 0 Å². The quantitative estimate of drug-likeness (QED) is 0.415. The fraction of sp³-hybridized carbons (Fsp3) is 0.750. The second kappa shape index (κ2) is 8.32. The summed E-state index contributed by atoms with van der Waals surface area (Å²) in [4.78, 5) is 0. The first kappa shape index (κ1) is 24.1. The number of fused-ring (bicyclic) bond motifs is 2. The molecule has 0 amide bonds. The molecule has 0 aromatic rings. The highest BCUT2D eigenvalue weighted by molar-refractivity contribution is 5.45. The molecule has 2 saturated carbocycles. The third-order valence-electron chi connectivity index (χ3n) is 12.2. The Bertz CT molecular complexity index is 842. The maximum atomic E-state index is 2.58. The van der Waals surface area contributed by atoms with Crippen molar-refractivity contribution in [3.8, 4) is 0 Å². The maximum Gasteiger partial charge on any atom is -0.0101 e. The maximum absolute atomic E-state index is 2.58. The van der Waals surface area contributed by atoms with Crippen LogP contribution in [0.5, 0.6) is 0 Å². The summed E-state index contributed by atoms with van der Waals surface area (Å²) < 4.78 is 0. The zero-order valence-electron chi connectivity index (χ0n) is 23.2. The van der Waals surface area contributed by atoms with E-state index in [1.165, 1.54) is 12.8 Å². The average molecular weight is 435 g/mol. The third-order valence-corrected chi connectivity index (χ3v) is 12.2. The lowest BCUT2D eigenvalue weighted by Gasteiger charge is -2.37. The minimum atomic E-state index is 0.776. The fourth-order valence-electron chi connectivity index (χ4n) is 9.24. The van der Waals surface area contributed by atoms with E-state index in [0.29, 0.717) is 0 Å². The first-order valence-electron chi connectivity index (χ1n) is 13.6. The van der Waals surface area contributed by atoms with Crippen LogP contribution in [-0.2, 0) is 0 Å². The van der Waals surface area contributed by atoms with Crippen molar-refractivity contribution in [2.45, 2.75) is 95.9 Å². The molecule has 0 aromatic heterocycles. The van der Waals surface area contributed by atoms with Gasteiger partial charge in [-0.1, -0.05) is 50.0 Å². The molecule has 0 aromatic carbocycles. The average Bonchev–Trinajstić information content (AvgIpc) is 3.16. The largest absolute Gasteiger partial charge is 0.0661 e. The molecule has 4 aliphatic carbocycles. The zero-order valence-corrected chi connectivity index (χ0v) is 23.2. The summed E-state index contributed by atoms with van der Waals surface area (Å²) in [6, 6.07) is 0. The minimum Gasteiger partial charge on any atom is -0.0661 e. The Kier molecular flexibility index (Phi) is 6.26. The molecule has 32 heavy (non-hydrogen) atoms. The van der Waals surface area contributed by atoms with E-state index in [0.717, 1.165) is 59.2 Å². The Morgan fingerprint density at radius 3 is 0.906 bits per heavy atom. The first-order valence-corrected chi connectivity index (χ1v) is 13.6. The van der Waals surface area contributed by atoms with Crippen LogP contribution in [0.2, 0.25) is 0 Å². The van der Waals surface area contributed by atoms with Crippen LogP contribution < -0.4 is 0 Å². The van der Waals surface area contributed by atoms with Crippen molar-refractivity contribution in [1.29, 1.82) is 0 Å². The van der Waals surface area contributed by atoms with Crippen LogP contribution in [0.15, 0.2) is 44.6 Å². The predicted molar refractivity (Wildman–Crippen MR) is 140 cm³/mol. The van der Waals surface area contributed by atoms with Gasteiger partial charge in [-0.25, -0.2) is 0 Å². The van der Waals surface area contributed by atoms with Crippen molar-refractivity contribution >= 4 is 0 Å². The summed E-state index contributed by atoms with van der Waals surface area (Å²) in [5, 5.41) is 0. The number of hydrogen-bond acceptors (Lipinski definition) is 0. The molecule has 178 valence electrons. The lowest BCUT2D eigenvalue weighted by molar-refractivity contribution is 0.237. The van der Waals surface area contributed by atoms with E-state index in [1.54, 1.807) is 44.6 Å². The van der Waals surface area contributed by atoms with Gasteiger partial charge in [0.2, 0.25) is 0 Å². The molecule has 0 saturated heterocycles. The predicted octanol–water partition coefficient (Wildman–Crippen LogP) is 9.41. The molecule has 0 aliphatic heterocycles. The summed E-state index contributed by atoms with van der Waals surface area (Å²) in [6.07, 6.45) is 2.84. The van der Waals surface area contributed by atoms with Crippen LogP contribution in [0, 0.1) is 59.2 Å². The standard InChI is InChI=1S/C32H50/c1-15-17(3)23(9)31-27(19(5)25(11)29(31)21(15)7)13-14-28-20(6)26(12)30-22(8)16(2)18(4)24(10)32(28)30/h19-20,25-32H,13-14H2,1-12H3/t19?,20?,25-,26-,27?,28?,29-,30-,31?,32?/m0/s1. The smallest absolute Gasteiger partial charge is 0.0101 e. The molecule has 2 fully saturated rings. The highest BCUT2D eigenvalue weighted by Crippen LogP contribution is 2.60. The van der Waals surface area contributed by atoms with E-state index in [9.17, 15) is 0 Å². The van der Waals surface area contributed by atoms with Gasteiger partial charge in [-0.15, -0.1) is 0 Å². The van der Waals surface area contributed by atoms with Gasteiger partial charge in [0.15, 0.2) is 0 Å². The fourth-order valence-corrected chi connectivity index (χ4v) is 9.24. The Labute approximate surface area is 199 Å². The Morgan fingerprint density at radius 2 is 0.625 bits per heavy atom. The molecular formula is C32H50. The van der Waals surface area contributed by atoms with Gasteiger partial charge in [0.25, 0.3) is 0 Å². The van der Waals surface area contributed by atoms with Gasteiger partial charge >= 0.3 is 0 Å². The SMILES string of the molecule is CC1=C(C)C2C(CCC3C4C(C)=C(C)C(C)=C(C)[C@H]4[C@@H](C)C3C)C(C)[C@H](C)[C@@H]2C(C)=C1C. The molecule has 0 heterocycles. The van der Waals surface area contributed by atoms with Crippen molar-refractivity contribution in [3.05, 3.63) is 44.6 Å². The normalized spacial score (nSPS) is 44.6. The molecule has 0 heteroatoms. The Hall–Kier alpha value is -1.04. The second-order valence-corrected chi connectivity index (χ2v) is 12.7. The Morgan fingerprint density at radius 1 is 0.375 bits per heavy atom. The van der Waals surface area contributed by atoms with Gasteiger partial charge in [0.05, 0.1) is 0 Å². The minimum absolute atomic E-state index is 0.776. The van der Waals surface area contributed by atoms with Crippen molar-refractivity contribution in [1.82, 2.24) is 0 Å². The Balaban J connectivity index is 1.61. The summed E-state index contributed by atoms with van der Waals surface area (Å²) in [6.45, 7) is 29.6. The van der Waals surface area contributed by atoms with Crippen molar-refractivity contribution in [3.63, 3.8) is 0 Å². The van der Waals surface area contributed by atoms with Crippen molar-refractivity contribution in [2.75, 3.05) is 0 Å². The summed E-state index contributed by atoms with van der Waals surface area (Å²) >= 11 is 0. The highest BCUT2D eigenvalue weighted by Gasteiger charge is 2.52. The molecule has 0 nitrogen and oxygen atoms in total. The zero-order chi connectivity index (χ0) is 23.8. The number of allylic oxidation sites excluding steroid dienone is 8. The molecule has 0 N–H and O–H groups in total. The van der Waals surface area contributed by atoms with E-state index in [1.807, 2.05) is 0 Å². The van der Waals surface area contributed by atoms with E-state index >= 15 is 0 Å². The van der Waals surface area contributed by atoms with Gasteiger partial charge in [-0.05, 0) is 150 Å². The van der Waals surface area contributed by atoms with Gasteiger partial charge in [0, 0.05) is 0 Å². The van der Waals surface area contributed by atoms with Gasteiger partial charge in [-0.3, -0.25) is 0 Å². The van der Waals surface area contributed by atoms with Gasteiger partial charge < -0.3 is 0 Å². The number of hydrogen-bond donors (Lipinski definition) is 0. The molecule has 0 bridgehead atoms. The topological polar surface area (TPSA) is 0 Å².